The van der Waals surface area contributed by atoms with Crippen molar-refractivity contribution >= 4 is 16.0 Å². The summed E-state index contributed by atoms with van der Waals surface area (Å²) in [6, 6.07) is 14.1. The standard InChI is InChI=1S/C22H23NO6S/c1-15-6-7-16(2)19(13-15)30(26,27)29-18-10-8-17(9-11-18)21(24)23-14-22(3,25)20-5-4-12-28-20/h4-13,25H,14H2,1-3H3,(H,23,24). The average Bonchev–Trinajstić information content (AvgIpc) is 3.24. The number of hydrogen-bond acceptors (Lipinski definition) is 6. The Labute approximate surface area is 175 Å². The number of carbonyl (C=O) groups excluding carboxylic acids is 1. The number of hydrogen-bond donors (Lipinski definition) is 2. The molecule has 2 aromatic carbocycles. The van der Waals surface area contributed by atoms with Gasteiger partial charge in [-0.1, -0.05) is 12.1 Å². The Balaban J connectivity index is 1.67. The summed E-state index contributed by atoms with van der Waals surface area (Å²) in [5.74, 6) is 0.00371. The van der Waals surface area contributed by atoms with E-state index in [1.54, 1.807) is 38.1 Å². The SMILES string of the molecule is Cc1ccc(C)c(S(=O)(=O)Oc2ccc(C(=O)NCC(C)(O)c3ccco3)cc2)c1. The number of carbonyl (C=O) groups is 1. The van der Waals surface area contributed by atoms with Crippen molar-refractivity contribution in [1.82, 2.24) is 5.32 Å². The lowest BCUT2D eigenvalue weighted by atomic mass is 10.0. The highest BCUT2D eigenvalue weighted by Gasteiger charge is 2.27. The molecule has 30 heavy (non-hydrogen) atoms. The van der Waals surface area contributed by atoms with E-state index in [0.29, 0.717) is 16.9 Å². The van der Waals surface area contributed by atoms with Crippen molar-refractivity contribution in [3.05, 3.63) is 83.3 Å². The van der Waals surface area contributed by atoms with Crippen LogP contribution in [0.2, 0.25) is 0 Å². The molecule has 1 atom stereocenters. The molecule has 0 spiro atoms. The largest absolute Gasteiger partial charge is 0.466 e. The van der Waals surface area contributed by atoms with Crippen LogP contribution in [-0.4, -0.2) is 26.0 Å². The van der Waals surface area contributed by atoms with Gasteiger partial charge in [-0.05, 0) is 74.4 Å². The number of aliphatic hydroxyl groups is 1. The first-order valence-corrected chi connectivity index (χ1v) is 10.7. The lowest BCUT2D eigenvalue weighted by Crippen LogP contribution is -2.38. The fraction of sp³-hybridized carbons (Fsp3) is 0.227. The molecule has 0 bridgehead atoms. The third-order valence-corrected chi connectivity index (χ3v) is 5.97. The molecule has 0 aliphatic heterocycles. The maximum absolute atomic E-state index is 12.6. The predicted octanol–water partition coefficient (Wildman–Crippen LogP) is 3.30. The number of aryl methyl sites for hydroxylation is 2. The molecule has 1 heterocycles. The zero-order valence-electron chi connectivity index (χ0n) is 16.9. The Kier molecular flexibility index (Phi) is 6.00. The molecule has 0 fully saturated rings. The highest BCUT2D eigenvalue weighted by Crippen LogP contribution is 2.23. The van der Waals surface area contributed by atoms with E-state index in [4.69, 9.17) is 8.60 Å². The van der Waals surface area contributed by atoms with Crippen LogP contribution in [-0.2, 0) is 15.7 Å². The van der Waals surface area contributed by atoms with Crippen LogP contribution in [0.4, 0.5) is 0 Å². The molecule has 3 aromatic rings. The minimum atomic E-state index is -4.00. The number of nitrogens with one attached hydrogen (secondary N) is 1. The van der Waals surface area contributed by atoms with Gasteiger partial charge in [-0.3, -0.25) is 4.79 Å². The zero-order chi connectivity index (χ0) is 21.9. The van der Waals surface area contributed by atoms with E-state index in [0.717, 1.165) is 5.56 Å². The fourth-order valence-electron chi connectivity index (χ4n) is 2.84. The van der Waals surface area contributed by atoms with Crippen LogP contribution >= 0.6 is 0 Å². The summed E-state index contributed by atoms with van der Waals surface area (Å²) in [7, 11) is -4.00. The highest BCUT2D eigenvalue weighted by atomic mass is 32.2. The number of rotatable bonds is 7. The molecular formula is C22H23NO6S. The molecule has 3 rings (SSSR count). The molecule has 0 aliphatic rings. The molecule has 1 amide bonds. The summed E-state index contributed by atoms with van der Waals surface area (Å²) in [4.78, 5) is 12.5. The van der Waals surface area contributed by atoms with Crippen LogP contribution < -0.4 is 9.50 Å². The first-order valence-electron chi connectivity index (χ1n) is 9.25. The first kappa shape index (κ1) is 21.6. The van der Waals surface area contributed by atoms with Crippen molar-refractivity contribution in [3.63, 3.8) is 0 Å². The van der Waals surface area contributed by atoms with Crippen molar-refractivity contribution in [2.45, 2.75) is 31.3 Å². The lowest BCUT2D eigenvalue weighted by molar-refractivity contribution is 0.0330. The lowest BCUT2D eigenvalue weighted by Gasteiger charge is -2.21. The molecule has 0 saturated carbocycles. The van der Waals surface area contributed by atoms with Gasteiger partial charge in [0, 0.05) is 5.56 Å². The topological polar surface area (TPSA) is 106 Å². The quantitative estimate of drug-likeness (QED) is 0.558. The Morgan fingerprint density at radius 2 is 1.83 bits per heavy atom. The molecular weight excluding hydrogens is 406 g/mol. The summed E-state index contributed by atoms with van der Waals surface area (Å²) in [6.07, 6.45) is 1.44. The Bertz CT molecular complexity index is 1130. The van der Waals surface area contributed by atoms with Gasteiger partial charge in [-0.15, -0.1) is 0 Å². The van der Waals surface area contributed by atoms with Gasteiger partial charge in [0.15, 0.2) is 0 Å². The molecule has 0 radical (unpaired) electrons. The normalized spacial score (nSPS) is 13.5. The predicted molar refractivity (Wildman–Crippen MR) is 111 cm³/mol. The van der Waals surface area contributed by atoms with E-state index in [1.807, 2.05) is 6.07 Å². The van der Waals surface area contributed by atoms with E-state index >= 15 is 0 Å². The monoisotopic (exact) mass is 429 g/mol. The maximum Gasteiger partial charge on any atom is 0.339 e. The fourth-order valence-corrected chi connectivity index (χ4v) is 4.08. The number of furan rings is 1. The third kappa shape index (κ3) is 4.90. The summed E-state index contributed by atoms with van der Waals surface area (Å²) in [6.45, 7) is 4.97. The smallest absolute Gasteiger partial charge is 0.339 e. The molecule has 0 aliphatic carbocycles. The van der Waals surface area contributed by atoms with Gasteiger partial charge in [0.2, 0.25) is 0 Å². The van der Waals surface area contributed by atoms with E-state index in [9.17, 15) is 18.3 Å². The molecule has 158 valence electrons. The Morgan fingerprint density at radius 3 is 2.47 bits per heavy atom. The van der Waals surface area contributed by atoms with E-state index in [-0.39, 0.29) is 17.2 Å². The van der Waals surface area contributed by atoms with E-state index in [1.165, 1.54) is 37.5 Å². The molecule has 7 nitrogen and oxygen atoms in total. The van der Waals surface area contributed by atoms with Gasteiger partial charge in [0.05, 0.1) is 12.8 Å². The molecule has 2 N–H and O–H groups in total. The average molecular weight is 429 g/mol. The number of benzene rings is 2. The third-order valence-electron chi connectivity index (χ3n) is 4.58. The minimum absolute atomic E-state index is 0.0569. The first-order chi connectivity index (χ1) is 14.1. The van der Waals surface area contributed by atoms with Crippen LogP contribution in [0.1, 0.15) is 34.2 Å². The van der Waals surface area contributed by atoms with Gasteiger partial charge in [0.1, 0.15) is 22.0 Å². The van der Waals surface area contributed by atoms with Crippen molar-refractivity contribution in [2.24, 2.45) is 0 Å². The van der Waals surface area contributed by atoms with Gasteiger partial charge in [-0.25, -0.2) is 0 Å². The van der Waals surface area contributed by atoms with Crippen molar-refractivity contribution in [1.29, 1.82) is 0 Å². The Hall–Kier alpha value is -3.10. The zero-order valence-corrected chi connectivity index (χ0v) is 17.7. The van der Waals surface area contributed by atoms with Gasteiger partial charge < -0.3 is 19.0 Å². The number of amides is 1. The molecule has 1 unspecified atom stereocenters. The van der Waals surface area contributed by atoms with Crippen LogP contribution in [0.15, 0.2) is 70.2 Å². The summed E-state index contributed by atoms with van der Waals surface area (Å²) >= 11 is 0. The second-order valence-electron chi connectivity index (χ2n) is 7.26. The summed E-state index contributed by atoms with van der Waals surface area (Å²) in [5.41, 5.74) is 0.323. The molecule has 0 saturated heterocycles. The van der Waals surface area contributed by atoms with Crippen LogP contribution in [0.25, 0.3) is 0 Å². The molecule has 1 aromatic heterocycles. The van der Waals surface area contributed by atoms with Gasteiger partial charge >= 0.3 is 10.1 Å². The maximum atomic E-state index is 12.6. The minimum Gasteiger partial charge on any atom is -0.466 e. The van der Waals surface area contributed by atoms with E-state index in [2.05, 4.69) is 5.32 Å². The van der Waals surface area contributed by atoms with Crippen LogP contribution in [0, 0.1) is 13.8 Å². The van der Waals surface area contributed by atoms with Gasteiger partial charge in [-0.2, -0.15) is 8.42 Å². The van der Waals surface area contributed by atoms with Crippen molar-refractivity contribution in [2.75, 3.05) is 6.54 Å². The van der Waals surface area contributed by atoms with Crippen LogP contribution in [0.3, 0.4) is 0 Å². The summed E-state index contributed by atoms with van der Waals surface area (Å²) in [5, 5.41) is 13.0. The van der Waals surface area contributed by atoms with E-state index < -0.39 is 21.6 Å². The van der Waals surface area contributed by atoms with Gasteiger partial charge in [0.25, 0.3) is 5.91 Å². The summed E-state index contributed by atoms with van der Waals surface area (Å²) < 4.78 is 35.5. The van der Waals surface area contributed by atoms with Crippen molar-refractivity contribution < 1.29 is 26.9 Å². The second-order valence-corrected chi connectivity index (χ2v) is 8.78. The van der Waals surface area contributed by atoms with Crippen LogP contribution in [0.5, 0.6) is 5.75 Å². The second kappa shape index (κ2) is 8.33. The van der Waals surface area contributed by atoms with Crippen molar-refractivity contribution in [3.8, 4) is 5.75 Å². The Morgan fingerprint density at radius 1 is 1.13 bits per heavy atom. The highest BCUT2D eigenvalue weighted by molar-refractivity contribution is 7.87. The molecule has 8 heteroatoms.